The average Bonchev–Trinajstić information content (AvgIpc) is 2.10. The van der Waals surface area contributed by atoms with Gasteiger partial charge >= 0.3 is 6.16 Å². The molecule has 0 fully saturated rings. The maximum Gasteiger partial charge on any atom is 0.508 e. The zero-order chi connectivity index (χ0) is 10.2. The Balaban J connectivity index is 2.27. The van der Waals surface area contributed by atoms with Gasteiger partial charge < -0.3 is 9.47 Å². The fourth-order valence-corrected chi connectivity index (χ4v) is 1.53. The fraction of sp³-hybridized carbons (Fsp3) is 0.727. The zero-order valence-electron chi connectivity index (χ0n) is 8.70. The summed E-state index contributed by atoms with van der Waals surface area (Å²) in [4.78, 5) is 11.0. The predicted molar refractivity (Wildman–Crippen MR) is 54.1 cm³/mol. The highest BCUT2D eigenvalue weighted by molar-refractivity contribution is 5.60. The molecule has 0 amide bonds. The summed E-state index contributed by atoms with van der Waals surface area (Å²) in [6.07, 6.45) is 8.88. The lowest BCUT2D eigenvalue weighted by molar-refractivity contribution is 0.0201. The number of carbonyl (C=O) groups excluding carboxylic acids is 1. The lowest BCUT2D eigenvalue weighted by Gasteiger charge is -2.17. The first-order valence-corrected chi connectivity index (χ1v) is 5.31. The van der Waals surface area contributed by atoms with Gasteiger partial charge in [0.1, 0.15) is 6.10 Å². The summed E-state index contributed by atoms with van der Waals surface area (Å²) >= 11 is 0. The Morgan fingerprint density at radius 2 is 2.14 bits per heavy atom. The van der Waals surface area contributed by atoms with Gasteiger partial charge in [0.15, 0.2) is 0 Å². The Kier molecular flexibility index (Phi) is 5.12. The summed E-state index contributed by atoms with van der Waals surface area (Å²) in [5.41, 5.74) is 0. The Hall–Kier alpha value is -0.990. The van der Waals surface area contributed by atoms with Crippen molar-refractivity contribution in [3.05, 3.63) is 12.2 Å². The minimum absolute atomic E-state index is 0.0407. The molecule has 1 aliphatic carbocycles. The van der Waals surface area contributed by atoms with Crippen molar-refractivity contribution in [2.24, 2.45) is 0 Å². The van der Waals surface area contributed by atoms with Crippen LogP contribution in [0.1, 0.15) is 39.0 Å². The van der Waals surface area contributed by atoms with Crippen LogP contribution in [0.15, 0.2) is 12.2 Å². The predicted octanol–water partition coefficient (Wildman–Crippen LogP) is 3.05. The van der Waals surface area contributed by atoms with Crippen LogP contribution in [-0.4, -0.2) is 18.9 Å². The second kappa shape index (κ2) is 6.46. The number of hydrogen-bond donors (Lipinski definition) is 0. The first-order chi connectivity index (χ1) is 6.83. The number of allylic oxidation sites excluding steroid dienone is 2. The van der Waals surface area contributed by atoms with Crippen molar-refractivity contribution in [2.45, 2.75) is 45.1 Å². The quantitative estimate of drug-likeness (QED) is 0.505. The Bertz CT molecular complexity index is 199. The summed E-state index contributed by atoms with van der Waals surface area (Å²) in [7, 11) is 0. The lowest BCUT2D eigenvalue weighted by Crippen LogP contribution is -2.19. The van der Waals surface area contributed by atoms with Gasteiger partial charge in [-0.05, 0) is 39.0 Å². The third-order valence-corrected chi connectivity index (χ3v) is 2.24. The number of ether oxygens (including phenoxy) is 2. The molecule has 3 heteroatoms. The monoisotopic (exact) mass is 198 g/mol. The van der Waals surface area contributed by atoms with E-state index in [1.165, 1.54) is 0 Å². The van der Waals surface area contributed by atoms with E-state index in [0.29, 0.717) is 6.61 Å². The standard InChI is InChI=1S/C11H18O3/c1-2-13-11(12)14-10-8-6-4-3-5-7-9-10/h3-4,10H,2,5-9H2,1H3/b4-3-. The second-order valence-electron chi connectivity index (χ2n) is 3.40. The smallest absolute Gasteiger partial charge is 0.435 e. The van der Waals surface area contributed by atoms with Crippen molar-refractivity contribution < 1.29 is 14.3 Å². The van der Waals surface area contributed by atoms with Gasteiger partial charge in [0, 0.05) is 0 Å². The fourth-order valence-electron chi connectivity index (χ4n) is 1.53. The molecule has 0 bridgehead atoms. The maximum atomic E-state index is 11.0. The van der Waals surface area contributed by atoms with Crippen LogP contribution in [0.5, 0.6) is 0 Å². The molecule has 0 aliphatic heterocycles. The third kappa shape index (κ3) is 4.30. The lowest BCUT2D eigenvalue weighted by atomic mass is 10.0. The molecule has 0 aromatic heterocycles. The van der Waals surface area contributed by atoms with Crippen molar-refractivity contribution in [1.82, 2.24) is 0 Å². The van der Waals surface area contributed by atoms with Crippen molar-refractivity contribution in [3.8, 4) is 0 Å². The van der Waals surface area contributed by atoms with Gasteiger partial charge in [-0.1, -0.05) is 12.2 Å². The van der Waals surface area contributed by atoms with E-state index in [0.717, 1.165) is 32.1 Å². The van der Waals surface area contributed by atoms with Crippen LogP contribution in [0, 0.1) is 0 Å². The topological polar surface area (TPSA) is 35.5 Å². The molecule has 0 radical (unpaired) electrons. The van der Waals surface area contributed by atoms with E-state index >= 15 is 0 Å². The normalized spacial score (nSPS) is 24.5. The summed E-state index contributed by atoms with van der Waals surface area (Å²) in [6, 6.07) is 0. The molecular weight excluding hydrogens is 180 g/mol. The Morgan fingerprint density at radius 1 is 1.36 bits per heavy atom. The number of rotatable bonds is 2. The van der Waals surface area contributed by atoms with Gasteiger partial charge in [0.05, 0.1) is 6.61 Å². The molecule has 0 N–H and O–H groups in total. The summed E-state index contributed by atoms with van der Waals surface area (Å²) in [5, 5.41) is 0. The van der Waals surface area contributed by atoms with E-state index in [9.17, 15) is 4.79 Å². The zero-order valence-corrected chi connectivity index (χ0v) is 8.70. The highest BCUT2D eigenvalue weighted by Crippen LogP contribution is 2.15. The molecule has 14 heavy (non-hydrogen) atoms. The highest BCUT2D eigenvalue weighted by atomic mass is 16.7. The molecule has 80 valence electrons. The average molecular weight is 198 g/mol. The molecule has 1 rings (SSSR count). The van der Waals surface area contributed by atoms with Crippen LogP contribution in [-0.2, 0) is 9.47 Å². The van der Waals surface area contributed by atoms with Gasteiger partial charge in [-0.3, -0.25) is 0 Å². The van der Waals surface area contributed by atoms with E-state index in [1.807, 2.05) is 0 Å². The van der Waals surface area contributed by atoms with Gasteiger partial charge in [-0.25, -0.2) is 4.79 Å². The van der Waals surface area contributed by atoms with Crippen molar-refractivity contribution in [1.29, 1.82) is 0 Å². The molecule has 1 aliphatic rings. The molecule has 0 aromatic carbocycles. The minimum Gasteiger partial charge on any atom is -0.435 e. The van der Waals surface area contributed by atoms with Crippen LogP contribution in [0.4, 0.5) is 4.79 Å². The summed E-state index contributed by atoms with van der Waals surface area (Å²) in [6.45, 7) is 2.16. The van der Waals surface area contributed by atoms with Gasteiger partial charge in [-0.2, -0.15) is 0 Å². The summed E-state index contributed by atoms with van der Waals surface area (Å²) < 4.78 is 9.91. The van der Waals surface area contributed by atoms with E-state index in [2.05, 4.69) is 12.2 Å². The molecule has 0 spiro atoms. The largest absolute Gasteiger partial charge is 0.508 e. The number of hydrogen-bond acceptors (Lipinski definition) is 3. The van der Waals surface area contributed by atoms with E-state index in [-0.39, 0.29) is 6.10 Å². The third-order valence-electron chi connectivity index (χ3n) is 2.24. The minimum atomic E-state index is -0.526. The molecule has 0 saturated carbocycles. The van der Waals surface area contributed by atoms with E-state index in [1.54, 1.807) is 6.92 Å². The van der Waals surface area contributed by atoms with E-state index in [4.69, 9.17) is 9.47 Å². The first kappa shape index (κ1) is 11.1. The SMILES string of the molecule is CCOC(=O)OC1CC/C=C\CCC1. The molecule has 0 saturated heterocycles. The van der Waals surface area contributed by atoms with Gasteiger partial charge in [0.25, 0.3) is 0 Å². The Morgan fingerprint density at radius 3 is 2.93 bits per heavy atom. The van der Waals surface area contributed by atoms with Crippen molar-refractivity contribution in [3.63, 3.8) is 0 Å². The molecule has 1 unspecified atom stereocenters. The van der Waals surface area contributed by atoms with E-state index < -0.39 is 6.16 Å². The van der Waals surface area contributed by atoms with Crippen LogP contribution in [0.2, 0.25) is 0 Å². The first-order valence-electron chi connectivity index (χ1n) is 5.31. The van der Waals surface area contributed by atoms with Crippen LogP contribution >= 0.6 is 0 Å². The molecule has 1 atom stereocenters. The van der Waals surface area contributed by atoms with Gasteiger partial charge in [0.2, 0.25) is 0 Å². The second-order valence-corrected chi connectivity index (χ2v) is 3.40. The number of carbonyl (C=O) groups is 1. The Labute approximate surface area is 85.1 Å². The van der Waals surface area contributed by atoms with Crippen LogP contribution < -0.4 is 0 Å². The molecular formula is C11H18O3. The molecule has 0 aromatic rings. The van der Waals surface area contributed by atoms with Crippen LogP contribution in [0.25, 0.3) is 0 Å². The maximum absolute atomic E-state index is 11.0. The molecule has 3 nitrogen and oxygen atoms in total. The highest BCUT2D eigenvalue weighted by Gasteiger charge is 2.14. The van der Waals surface area contributed by atoms with Gasteiger partial charge in [-0.15, -0.1) is 0 Å². The molecule has 0 heterocycles. The van der Waals surface area contributed by atoms with Crippen LogP contribution in [0.3, 0.4) is 0 Å². The van der Waals surface area contributed by atoms with Crippen molar-refractivity contribution >= 4 is 6.16 Å². The van der Waals surface area contributed by atoms with Crippen molar-refractivity contribution in [2.75, 3.05) is 6.61 Å². The summed E-state index contributed by atoms with van der Waals surface area (Å²) in [5.74, 6) is 0.